The molecule has 0 aliphatic carbocycles. The Morgan fingerprint density at radius 2 is 1.77 bits per heavy atom. The molecule has 0 saturated heterocycles. The molecule has 0 saturated carbocycles. The first kappa shape index (κ1) is 19.6. The van der Waals surface area contributed by atoms with E-state index in [2.05, 4.69) is 16.9 Å². The number of anilines is 1. The van der Waals surface area contributed by atoms with Crippen molar-refractivity contribution < 1.29 is 18.7 Å². The molecular formula is C23H23N3O4. The molecule has 0 radical (unpaired) electrons. The zero-order valence-corrected chi connectivity index (χ0v) is 16.5. The van der Waals surface area contributed by atoms with Crippen LogP contribution in [-0.4, -0.2) is 24.9 Å². The van der Waals surface area contributed by atoms with E-state index in [4.69, 9.17) is 9.15 Å². The molecule has 2 amide bonds. The molecule has 2 aromatic carbocycles. The summed E-state index contributed by atoms with van der Waals surface area (Å²) in [4.78, 5) is 26.6. The maximum absolute atomic E-state index is 12.3. The third-order valence-electron chi connectivity index (χ3n) is 4.87. The molecule has 0 atom stereocenters. The third-order valence-corrected chi connectivity index (χ3v) is 4.87. The topological polar surface area (TPSA) is 83.8 Å². The second-order valence-electron chi connectivity index (χ2n) is 7.02. The Hall–Kier alpha value is -3.74. The zero-order chi connectivity index (χ0) is 20.8. The number of furan rings is 1. The highest BCUT2D eigenvalue weighted by Gasteiger charge is 2.19. The van der Waals surface area contributed by atoms with E-state index in [1.54, 1.807) is 12.1 Å². The van der Waals surface area contributed by atoms with Gasteiger partial charge in [-0.2, -0.15) is 0 Å². The number of ether oxygens (including phenoxy) is 1. The molecule has 1 aromatic heterocycles. The molecule has 7 nitrogen and oxygen atoms in total. The Morgan fingerprint density at radius 1 is 0.967 bits per heavy atom. The van der Waals surface area contributed by atoms with Crippen LogP contribution in [0.2, 0.25) is 0 Å². The quantitative estimate of drug-likeness (QED) is 0.616. The molecule has 3 aromatic rings. The number of carbonyl (C=O) groups excluding carboxylic acids is 2. The van der Waals surface area contributed by atoms with E-state index >= 15 is 0 Å². The number of amides is 2. The lowest BCUT2D eigenvalue weighted by Gasteiger charge is -2.30. The number of carbonyl (C=O) groups is 2. The van der Waals surface area contributed by atoms with Gasteiger partial charge in [-0.25, -0.2) is 0 Å². The molecule has 154 valence electrons. The number of hydrogen-bond acceptors (Lipinski definition) is 5. The predicted molar refractivity (Wildman–Crippen MR) is 112 cm³/mol. The number of nitrogens with zero attached hydrogens (tertiary/aromatic N) is 1. The van der Waals surface area contributed by atoms with Crippen molar-refractivity contribution in [2.24, 2.45) is 0 Å². The second-order valence-corrected chi connectivity index (χ2v) is 7.02. The van der Waals surface area contributed by atoms with Crippen LogP contribution in [0.4, 0.5) is 5.69 Å². The van der Waals surface area contributed by atoms with Gasteiger partial charge in [0.2, 0.25) is 0 Å². The Kier molecular flexibility index (Phi) is 5.98. The summed E-state index contributed by atoms with van der Waals surface area (Å²) in [5.41, 5.74) is 7.16. The lowest BCUT2D eigenvalue weighted by atomic mass is 10.0. The van der Waals surface area contributed by atoms with Crippen molar-refractivity contribution in [1.82, 2.24) is 10.9 Å². The zero-order valence-electron chi connectivity index (χ0n) is 16.5. The van der Waals surface area contributed by atoms with Gasteiger partial charge in [-0.15, -0.1) is 0 Å². The molecule has 2 heterocycles. The number of fused-ring (bicyclic) bond motifs is 1. The lowest BCUT2D eigenvalue weighted by Crippen LogP contribution is -2.47. The standard InChI is InChI=1S/C23H23N3O4/c27-22(15-26-14-6-8-17-7-4-5-11-20(17)26)24-25-23(28)21-13-12-19(30-21)16-29-18-9-2-1-3-10-18/h1-5,7,9-13H,6,8,14-16H2,(H,24,27)(H,25,28). The number of benzene rings is 2. The maximum Gasteiger partial charge on any atom is 0.305 e. The van der Waals surface area contributed by atoms with Gasteiger partial charge in [0.1, 0.15) is 18.1 Å². The van der Waals surface area contributed by atoms with Crippen LogP contribution in [-0.2, 0) is 17.8 Å². The van der Waals surface area contributed by atoms with Crippen LogP contribution < -0.4 is 20.5 Å². The van der Waals surface area contributed by atoms with Crippen molar-refractivity contribution in [3.63, 3.8) is 0 Å². The van der Waals surface area contributed by atoms with E-state index in [9.17, 15) is 9.59 Å². The Balaban J connectivity index is 1.26. The van der Waals surface area contributed by atoms with Crippen molar-refractivity contribution in [3.05, 3.63) is 83.8 Å². The van der Waals surface area contributed by atoms with E-state index in [0.29, 0.717) is 11.5 Å². The predicted octanol–water partition coefficient (Wildman–Crippen LogP) is 3.07. The lowest BCUT2D eigenvalue weighted by molar-refractivity contribution is -0.120. The summed E-state index contributed by atoms with van der Waals surface area (Å²) < 4.78 is 11.1. The van der Waals surface area contributed by atoms with Gasteiger partial charge < -0.3 is 14.1 Å². The molecule has 1 aliphatic rings. The molecule has 2 N–H and O–H groups in total. The summed E-state index contributed by atoms with van der Waals surface area (Å²) >= 11 is 0. The van der Waals surface area contributed by atoms with Crippen LogP contribution in [0.5, 0.6) is 5.75 Å². The van der Waals surface area contributed by atoms with Crippen LogP contribution in [0.25, 0.3) is 0 Å². The number of aryl methyl sites for hydroxylation is 1. The molecule has 0 fully saturated rings. The Labute approximate surface area is 174 Å². The molecule has 0 bridgehead atoms. The van der Waals surface area contributed by atoms with E-state index in [0.717, 1.165) is 25.1 Å². The molecule has 4 rings (SSSR count). The number of hydrazine groups is 1. The van der Waals surface area contributed by atoms with Crippen LogP contribution >= 0.6 is 0 Å². The fourth-order valence-corrected chi connectivity index (χ4v) is 3.43. The van der Waals surface area contributed by atoms with E-state index in [1.165, 1.54) is 5.56 Å². The maximum atomic E-state index is 12.3. The minimum absolute atomic E-state index is 0.102. The monoisotopic (exact) mass is 405 g/mol. The van der Waals surface area contributed by atoms with E-state index in [1.807, 2.05) is 53.4 Å². The van der Waals surface area contributed by atoms with Crippen molar-refractivity contribution in [2.45, 2.75) is 19.4 Å². The van der Waals surface area contributed by atoms with Gasteiger partial charge in [0.15, 0.2) is 5.76 Å². The third kappa shape index (κ3) is 4.81. The van der Waals surface area contributed by atoms with Crippen molar-refractivity contribution in [3.8, 4) is 5.75 Å². The van der Waals surface area contributed by atoms with Crippen LogP contribution in [0.3, 0.4) is 0 Å². The van der Waals surface area contributed by atoms with Crippen molar-refractivity contribution in [2.75, 3.05) is 18.0 Å². The number of hydrogen-bond donors (Lipinski definition) is 2. The molecule has 1 aliphatic heterocycles. The highest BCUT2D eigenvalue weighted by atomic mass is 16.5. The highest BCUT2D eigenvalue weighted by Crippen LogP contribution is 2.26. The molecule has 7 heteroatoms. The first-order chi connectivity index (χ1) is 14.7. The summed E-state index contributed by atoms with van der Waals surface area (Å²) in [5, 5.41) is 0. The number of para-hydroxylation sites is 2. The van der Waals surface area contributed by atoms with Gasteiger partial charge in [-0.3, -0.25) is 20.4 Å². The summed E-state index contributed by atoms with van der Waals surface area (Å²) in [6.45, 7) is 1.19. The van der Waals surface area contributed by atoms with Crippen molar-refractivity contribution in [1.29, 1.82) is 0 Å². The van der Waals surface area contributed by atoms with Gasteiger partial charge in [0, 0.05) is 12.2 Å². The van der Waals surface area contributed by atoms with Gasteiger partial charge >= 0.3 is 5.91 Å². The first-order valence-electron chi connectivity index (χ1n) is 9.87. The SMILES string of the molecule is O=C(CN1CCCc2ccccc21)NNC(=O)c1ccc(COc2ccccc2)o1. The van der Waals surface area contributed by atoms with Gasteiger partial charge in [-0.05, 0) is 48.7 Å². The summed E-state index contributed by atoms with van der Waals surface area (Å²) in [6.07, 6.45) is 2.01. The minimum Gasteiger partial charge on any atom is -0.486 e. The molecule has 30 heavy (non-hydrogen) atoms. The van der Waals surface area contributed by atoms with Crippen LogP contribution in [0, 0.1) is 0 Å². The van der Waals surface area contributed by atoms with Gasteiger partial charge in [-0.1, -0.05) is 36.4 Å². The van der Waals surface area contributed by atoms with Crippen molar-refractivity contribution >= 4 is 17.5 Å². The summed E-state index contributed by atoms with van der Waals surface area (Å²) in [5.74, 6) is 0.518. The second kappa shape index (κ2) is 9.17. The van der Waals surface area contributed by atoms with Crippen LogP contribution in [0.15, 0.2) is 71.1 Å². The highest BCUT2D eigenvalue weighted by molar-refractivity contribution is 5.93. The fraction of sp³-hybridized carbons (Fsp3) is 0.217. The number of nitrogens with one attached hydrogen (secondary N) is 2. The van der Waals surface area contributed by atoms with Gasteiger partial charge in [0.25, 0.3) is 5.91 Å². The summed E-state index contributed by atoms with van der Waals surface area (Å²) in [7, 11) is 0. The average molecular weight is 405 g/mol. The summed E-state index contributed by atoms with van der Waals surface area (Å²) in [6, 6.07) is 20.6. The molecule has 0 spiro atoms. The smallest absolute Gasteiger partial charge is 0.305 e. The average Bonchev–Trinajstić information content (AvgIpc) is 3.26. The van der Waals surface area contributed by atoms with E-state index in [-0.39, 0.29) is 24.8 Å². The largest absolute Gasteiger partial charge is 0.486 e. The fourth-order valence-electron chi connectivity index (χ4n) is 3.43. The van der Waals surface area contributed by atoms with Crippen LogP contribution in [0.1, 0.15) is 28.3 Å². The molecular weight excluding hydrogens is 382 g/mol. The Morgan fingerprint density at radius 3 is 2.63 bits per heavy atom. The minimum atomic E-state index is -0.520. The van der Waals surface area contributed by atoms with Gasteiger partial charge in [0.05, 0.1) is 6.54 Å². The molecule has 0 unspecified atom stereocenters. The number of rotatable bonds is 6. The normalized spacial score (nSPS) is 12.7. The first-order valence-corrected chi connectivity index (χ1v) is 9.87. The van der Waals surface area contributed by atoms with E-state index < -0.39 is 5.91 Å². The Bertz CT molecular complexity index is 1020.